The Hall–Kier alpha value is -2.58. The fourth-order valence-corrected chi connectivity index (χ4v) is 4.49. The first-order valence-electron chi connectivity index (χ1n) is 8.47. The van der Waals surface area contributed by atoms with Crippen molar-refractivity contribution in [1.29, 1.82) is 0 Å². The van der Waals surface area contributed by atoms with Crippen LogP contribution in [0.2, 0.25) is 0 Å². The SMILES string of the molecule is O=c1[nH]c2cc(S(=O)(=O)NCC3CCCN3c3ccccc3)ccc2o1. The molecule has 2 aromatic carbocycles. The highest BCUT2D eigenvalue weighted by molar-refractivity contribution is 7.89. The number of hydrogen-bond donors (Lipinski definition) is 2. The van der Waals surface area contributed by atoms with E-state index >= 15 is 0 Å². The molecule has 2 heterocycles. The van der Waals surface area contributed by atoms with Crippen molar-refractivity contribution >= 4 is 26.8 Å². The second kappa shape index (κ2) is 6.62. The zero-order valence-corrected chi connectivity index (χ0v) is 14.8. The summed E-state index contributed by atoms with van der Waals surface area (Å²) in [6.07, 6.45) is 1.97. The first-order valence-corrected chi connectivity index (χ1v) is 9.95. The van der Waals surface area contributed by atoms with Crippen molar-refractivity contribution in [3.05, 3.63) is 59.1 Å². The van der Waals surface area contributed by atoms with Gasteiger partial charge in [0.2, 0.25) is 10.0 Å². The smallest absolute Gasteiger partial charge is 0.408 e. The molecule has 4 rings (SSSR count). The van der Waals surface area contributed by atoms with E-state index in [4.69, 9.17) is 4.42 Å². The van der Waals surface area contributed by atoms with E-state index in [2.05, 4.69) is 14.6 Å². The Labute approximate surface area is 150 Å². The molecule has 3 aromatic rings. The summed E-state index contributed by atoms with van der Waals surface area (Å²) in [6, 6.07) is 14.4. The maximum absolute atomic E-state index is 12.6. The third kappa shape index (κ3) is 3.25. The Morgan fingerprint density at radius 2 is 2.00 bits per heavy atom. The summed E-state index contributed by atoms with van der Waals surface area (Å²) in [7, 11) is -3.68. The van der Waals surface area contributed by atoms with Crippen LogP contribution in [-0.2, 0) is 10.0 Å². The molecule has 2 N–H and O–H groups in total. The first-order chi connectivity index (χ1) is 12.5. The molecule has 1 saturated heterocycles. The molecule has 0 saturated carbocycles. The number of anilines is 1. The lowest BCUT2D eigenvalue weighted by Crippen LogP contribution is -2.40. The van der Waals surface area contributed by atoms with Gasteiger partial charge in [-0.2, -0.15) is 0 Å². The number of H-pyrrole nitrogens is 1. The molecular formula is C18H19N3O4S. The Balaban J connectivity index is 1.51. The van der Waals surface area contributed by atoms with Crippen LogP contribution < -0.4 is 15.4 Å². The summed E-state index contributed by atoms with van der Waals surface area (Å²) in [5, 5.41) is 0. The van der Waals surface area contributed by atoms with Gasteiger partial charge in [0.25, 0.3) is 0 Å². The minimum absolute atomic E-state index is 0.103. The number of para-hydroxylation sites is 1. The zero-order valence-electron chi connectivity index (χ0n) is 14.0. The van der Waals surface area contributed by atoms with Crippen molar-refractivity contribution in [2.24, 2.45) is 0 Å². The Kier molecular flexibility index (Phi) is 4.29. The summed E-state index contributed by atoms with van der Waals surface area (Å²) >= 11 is 0. The fourth-order valence-electron chi connectivity index (χ4n) is 3.39. The van der Waals surface area contributed by atoms with Gasteiger partial charge in [0.15, 0.2) is 5.58 Å². The van der Waals surface area contributed by atoms with Crippen molar-refractivity contribution in [3.63, 3.8) is 0 Å². The van der Waals surface area contributed by atoms with Crippen LogP contribution in [0.4, 0.5) is 5.69 Å². The number of nitrogens with one attached hydrogen (secondary N) is 2. The zero-order chi connectivity index (χ0) is 18.1. The van der Waals surface area contributed by atoms with E-state index in [-0.39, 0.29) is 10.9 Å². The van der Waals surface area contributed by atoms with Crippen LogP contribution in [0.1, 0.15) is 12.8 Å². The maximum Gasteiger partial charge on any atom is 0.417 e. The van der Waals surface area contributed by atoms with Crippen LogP contribution in [0.15, 0.2) is 62.6 Å². The van der Waals surface area contributed by atoms with Crippen LogP contribution in [0.25, 0.3) is 11.1 Å². The van der Waals surface area contributed by atoms with Crippen LogP contribution in [-0.4, -0.2) is 32.5 Å². The molecule has 26 heavy (non-hydrogen) atoms. The number of nitrogens with zero attached hydrogens (tertiary/aromatic N) is 1. The molecular weight excluding hydrogens is 354 g/mol. The molecule has 1 atom stereocenters. The second-order valence-corrected chi connectivity index (χ2v) is 8.12. The average molecular weight is 373 g/mol. The second-order valence-electron chi connectivity index (χ2n) is 6.35. The average Bonchev–Trinajstić information content (AvgIpc) is 3.25. The molecule has 8 heteroatoms. The van der Waals surface area contributed by atoms with Gasteiger partial charge in [-0.05, 0) is 43.2 Å². The molecule has 1 aromatic heterocycles. The summed E-state index contributed by atoms with van der Waals surface area (Å²) in [4.78, 5) is 16.0. The van der Waals surface area contributed by atoms with E-state index in [0.717, 1.165) is 25.1 Å². The monoisotopic (exact) mass is 373 g/mol. The standard InChI is InChI=1S/C18H19N3O4S/c22-18-20-16-11-15(8-9-17(16)25-18)26(23,24)19-12-14-7-4-10-21(14)13-5-2-1-3-6-13/h1-3,5-6,8-9,11,14,19H,4,7,10,12H2,(H,20,22). The number of hydrogen-bond acceptors (Lipinski definition) is 5. The van der Waals surface area contributed by atoms with Gasteiger partial charge in [-0.3, -0.25) is 4.98 Å². The van der Waals surface area contributed by atoms with Gasteiger partial charge in [-0.15, -0.1) is 0 Å². The number of aromatic nitrogens is 1. The van der Waals surface area contributed by atoms with E-state index in [1.807, 2.05) is 30.3 Å². The van der Waals surface area contributed by atoms with Crippen LogP contribution in [0.5, 0.6) is 0 Å². The Morgan fingerprint density at radius 3 is 2.81 bits per heavy atom. The van der Waals surface area contributed by atoms with Gasteiger partial charge in [-0.1, -0.05) is 18.2 Å². The lowest BCUT2D eigenvalue weighted by atomic mass is 10.2. The van der Waals surface area contributed by atoms with Crippen molar-refractivity contribution in [2.75, 3.05) is 18.0 Å². The highest BCUT2D eigenvalue weighted by atomic mass is 32.2. The van der Waals surface area contributed by atoms with Crippen LogP contribution in [0, 0.1) is 0 Å². The number of sulfonamides is 1. The molecule has 1 aliphatic heterocycles. The summed E-state index contributed by atoms with van der Waals surface area (Å²) in [5.41, 5.74) is 1.80. The third-order valence-corrected chi connectivity index (χ3v) is 6.10. The maximum atomic E-state index is 12.6. The number of oxazole rings is 1. The first kappa shape index (κ1) is 16.9. The largest absolute Gasteiger partial charge is 0.417 e. The Morgan fingerprint density at radius 1 is 1.19 bits per heavy atom. The van der Waals surface area contributed by atoms with Gasteiger partial charge in [0, 0.05) is 24.8 Å². The molecule has 1 unspecified atom stereocenters. The molecule has 7 nitrogen and oxygen atoms in total. The molecule has 0 bridgehead atoms. The van der Waals surface area contributed by atoms with Gasteiger partial charge < -0.3 is 9.32 Å². The van der Waals surface area contributed by atoms with Gasteiger partial charge in [-0.25, -0.2) is 17.9 Å². The quantitative estimate of drug-likeness (QED) is 0.714. The Bertz CT molecular complexity index is 1070. The van der Waals surface area contributed by atoms with E-state index in [1.54, 1.807) is 0 Å². The van der Waals surface area contributed by atoms with Crippen molar-refractivity contribution in [2.45, 2.75) is 23.8 Å². The number of fused-ring (bicyclic) bond motifs is 1. The van der Waals surface area contributed by atoms with Crippen LogP contribution in [0.3, 0.4) is 0 Å². The lowest BCUT2D eigenvalue weighted by Gasteiger charge is -2.27. The lowest BCUT2D eigenvalue weighted by molar-refractivity contribution is 0.555. The van der Waals surface area contributed by atoms with Crippen molar-refractivity contribution in [3.8, 4) is 0 Å². The van der Waals surface area contributed by atoms with Crippen molar-refractivity contribution < 1.29 is 12.8 Å². The fraction of sp³-hybridized carbons (Fsp3) is 0.278. The molecule has 1 fully saturated rings. The van der Waals surface area contributed by atoms with E-state index in [1.165, 1.54) is 18.2 Å². The van der Waals surface area contributed by atoms with Crippen molar-refractivity contribution in [1.82, 2.24) is 9.71 Å². The minimum Gasteiger partial charge on any atom is -0.408 e. The molecule has 0 spiro atoms. The minimum atomic E-state index is -3.68. The molecule has 0 amide bonds. The summed E-state index contributed by atoms with van der Waals surface area (Å²) in [6.45, 7) is 1.25. The number of benzene rings is 2. The van der Waals surface area contributed by atoms with Crippen LogP contribution >= 0.6 is 0 Å². The topological polar surface area (TPSA) is 95.4 Å². The van der Waals surface area contributed by atoms with E-state index in [9.17, 15) is 13.2 Å². The van der Waals surface area contributed by atoms with Gasteiger partial charge in [0.1, 0.15) is 0 Å². The highest BCUT2D eigenvalue weighted by Crippen LogP contribution is 2.25. The van der Waals surface area contributed by atoms with E-state index < -0.39 is 15.8 Å². The number of rotatable bonds is 5. The summed E-state index contributed by atoms with van der Waals surface area (Å²) < 4.78 is 32.9. The van der Waals surface area contributed by atoms with E-state index in [0.29, 0.717) is 17.6 Å². The van der Waals surface area contributed by atoms with Gasteiger partial charge in [0.05, 0.1) is 10.4 Å². The summed E-state index contributed by atoms with van der Waals surface area (Å²) in [5.74, 6) is -0.605. The molecule has 1 aliphatic rings. The predicted octanol–water partition coefficient (Wildman–Crippen LogP) is 2.07. The predicted molar refractivity (Wildman–Crippen MR) is 98.8 cm³/mol. The molecule has 136 valence electrons. The highest BCUT2D eigenvalue weighted by Gasteiger charge is 2.26. The third-order valence-electron chi connectivity index (χ3n) is 4.67. The number of aromatic amines is 1. The molecule has 0 radical (unpaired) electrons. The molecule has 0 aliphatic carbocycles. The van der Waals surface area contributed by atoms with Gasteiger partial charge >= 0.3 is 5.76 Å². The normalized spacial score (nSPS) is 17.8.